The Bertz CT molecular complexity index is 372. The molecule has 0 spiro atoms. The van der Waals surface area contributed by atoms with Gasteiger partial charge in [0, 0.05) is 12.6 Å². The van der Waals surface area contributed by atoms with Crippen LogP contribution < -0.4 is 15.4 Å². The lowest BCUT2D eigenvalue weighted by Gasteiger charge is -2.14. The Morgan fingerprint density at radius 2 is 1.83 bits per heavy atom. The molecule has 0 aliphatic heterocycles. The number of nitrogens with zero attached hydrogens (tertiary/aromatic N) is 3. The summed E-state index contributed by atoms with van der Waals surface area (Å²) in [5.74, 6) is 0.842. The van der Waals surface area contributed by atoms with E-state index in [0.29, 0.717) is 18.4 Å². The number of anilines is 2. The Hall–Kier alpha value is -1.63. The molecule has 0 aromatic carbocycles. The molecule has 102 valence electrons. The third kappa shape index (κ3) is 4.70. The Labute approximate surface area is 107 Å². The average Bonchev–Trinajstić information content (AvgIpc) is 2.28. The average molecular weight is 255 g/mol. The predicted octanol–water partition coefficient (Wildman–Crippen LogP) is 0.883. The zero-order valence-electron chi connectivity index (χ0n) is 11.3. The molecule has 0 fully saturated rings. The summed E-state index contributed by atoms with van der Waals surface area (Å²) in [6.45, 7) is 8.30. The topological polar surface area (TPSA) is 92.2 Å². The van der Waals surface area contributed by atoms with Gasteiger partial charge in [0.25, 0.3) is 0 Å². The minimum absolute atomic E-state index is 0.00257. The molecular formula is C11H21N5O2. The number of nitrogens with one attached hydrogen (secondary N) is 2. The van der Waals surface area contributed by atoms with Gasteiger partial charge in [0.05, 0.1) is 12.7 Å². The first-order valence-electron chi connectivity index (χ1n) is 6.09. The maximum absolute atomic E-state index is 9.00. The number of rotatable bonds is 7. The van der Waals surface area contributed by atoms with Crippen LogP contribution in [-0.4, -0.2) is 45.4 Å². The lowest BCUT2D eigenvalue weighted by Crippen LogP contribution is -2.22. The van der Waals surface area contributed by atoms with Crippen molar-refractivity contribution in [3.05, 3.63) is 0 Å². The normalized spacial score (nSPS) is 12.3. The quantitative estimate of drug-likeness (QED) is 0.666. The fourth-order valence-corrected chi connectivity index (χ4v) is 1.19. The van der Waals surface area contributed by atoms with Gasteiger partial charge in [0.15, 0.2) is 0 Å². The van der Waals surface area contributed by atoms with Crippen molar-refractivity contribution in [2.45, 2.75) is 39.8 Å². The van der Waals surface area contributed by atoms with Crippen molar-refractivity contribution in [3.63, 3.8) is 0 Å². The molecule has 0 aliphatic rings. The summed E-state index contributed by atoms with van der Waals surface area (Å²) in [6, 6.07) is 0.136. The maximum Gasteiger partial charge on any atom is 0.323 e. The first kappa shape index (κ1) is 14.4. The van der Waals surface area contributed by atoms with Crippen LogP contribution in [0.2, 0.25) is 0 Å². The van der Waals surface area contributed by atoms with E-state index in [-0.39, 0.29) is 24.8 Å². The van der Waals surface area contributed by atoms with Gasteiger partial charge in [-0.2, -0.15) is 15.0 Å². The highest BCUT2D eigenvalue weighted by atomic mass is 16.5. The summed E-state index contributed by atoms with van der Waals surface area (Å²) < 4.78 is 5.45. The van der Waals surface area contributed by atoms with E-state index in [0.717, 1.165) is 0 Å². The van der Waals surface area contributed by atoms with Crippen LogP contribution in [0.4, 0.5) is 11.9 Å². The summed E-state index contributed by atoms with van der Waals surface area (Å²) in [6.07, 6.45) is -0.00927. The van der Waals surface area contributed by atoms with Gasteiger partial charge in [-0.15, -0.1) is 0 Å². The highest BCUT2D eigenvalue weighted by molar-refractivity contribution is 5.36. The number of aliphatic hydroxyl groups is 1. The van der Waals surface area contributed by atoms with Crippen molar-refractivity contribution in [3.8, 4) is 6.01 Å². The number of hydrogen-bond acceptors (Lipinski definition) is 7. The molecule has 0 aliphatic carbocycles. The second kappa shape index (κ2) is 6.95. The second-order valence-electron chi connectivity index (χ2n) is 4.19. The Morgan fingerprint density at radius 1 is 1.17 bits per heavy atom. The largest absolute Gasteiger partial charge is 0.461 e. The van der Waals surface area contributed by atoms with Crippen LogP contribution in [-0.2, 0) is 0 Å². The van der Waals surface area contributed by atoms with Crippen molar-refractivity contribution in [1.29, 1.82) is 0 Å². The Kier molecular flexibility index (Phi) is 5.57. The molecule has 1 heterocycles. The van der Waals surface area contributed by atoms with Gasteiger partial charge in [-0.05, 0) is 27.7 Å². The molecule has 0 saturated heterocycles. The van der Waals surface area contributed by atoms with E-state index in [1.165, 1.54) is 0 Å². The van der Waals surface area contributed by atoms with Gasteiger partial charge in [0.1, 0.15) is 0 Å². The summed E-state index contributed by atoms with van der Waals surface area (Å²) in [7, 11) is 0. The molecule has 0 bridgehead atoms. The first-order chi connectivity index (χ1) is 8.55. The standard InChI is InChI=1S/C11H21N5O2/c1-5-12-9-14-10(13-8(4)6-17)16-11(15-9)18-7(2)3/h7-8,17H,5-6H2,1-4H3,(H2,12,13,14,15,16). The molecule has 18 heavy (non-hydrogen) atoms. The Balaban J connectivity index is 2.90. The molecule has 1 unspecified atom stereocenters. The minimum Gasteiger partial charge on any atom is -0.461 e. The van der Waals surface area contributed by atoms with Gasteiger partial charge < -0.3 is 20.5 Å². The van der Waals surface area contributed by atoms with Crippen LogP contribution >= 0.6 is 0 Å². The van der Waals surface area contributed by atoms with Crippen LogP contribution in [0.3, 0.4) is 0 Å². The summed E-state index contributed by atoms with van der Waals surface area (Å²) in [4.78, 5) is 12.5. The van der Waals surface area contributed by atoms with E-state index < -0.39 is 0 Å². The molecule has 1 aromatic heterocycles. The fraction of sp³-hybridized carbons (Fsp3) is 0.727. The number of hydrogen-bond donors (Lipinski definition) is 3. The van der Waals surface area contributed by atoms with Crippen molar-refractivity contribution in [1.82, 2.24) is 15.0 Å². The Morgan fingerprint density at radius 3 is 2.39 bits per heavy atom. The molecule has 1 rings (SSSR count). The molecule has 1 aromatic rings. The summed E-state index contributed by atoms with van der Waals surface area (Å²) in [5.41, 5.74) is 0. The van der Waals surface area contributed by atoms with Gasteiger partial charge in [0.2, 0.25) is 11.9 Å². The van der Waals surface area contributed by atoms with Crippen molar-refractivity contribution in [2.24, 2.45) is 0 Å². The van der Waals surface area contributed by atoms with Crippen LogP contribution in [0.25, 0.3) is 0 Å². The number of ether oxygens (including phenoxy) is 1. The van der Waals surface area contributed by atoms with Gasteiger partial charge in [-0.3, -0.25) is 0 Å². The fourth-order valence-electron chi connectivity index (χ4n) is 1.19. The molecule has 7 nitrogen and oxygen atoms in total. The second-order valence-corrected chi connectivity index (χ2v) is 4.19. The van der Waals surface area contributed by atoms with Crippen molar-refractivity contribution < 1.29 is 9.84 Å². The van der Waals surface area contributed by atoms with Crippen molar-refractivity contribution >= 4 is 11.9 Å². The van der Waals surface area contributed by atoms with Gasteiger partial charge in [-0.25, -0.2) is 0 Å². The molecule has 1 atom stereocenters. The molecule has 3 N–H and O–H groups in total. The van der Waals surface area contributed by atoms with E-state index in [4.69, 9.17) is 9.84 Å². The molecule has 0 saturated carbocycles. The smallest absolute Gasteiger partial charge is 0.323 e. The van der Waals surface area contributed by atoms with E-state index >= 15 is 0 Å². The number of aliphatic hydroxyl groups excluding tert-OH is 1. The molecular weight excluding hydrogens is 234 g/mol. The summed E-state index contributed by atoms with van der Waals surface area (Å²) >= 11 is 0. The van der Waals surface area contributed by atoms with E-state index in [1.54, 1.807) is 0 Å². The minimum atomic E-state index is -0.131. The lowest BCUT2D eigenvalue weighted by atomic mass is 10.4. The zero-order valence-corrected chi connectivity index (χ0v) is 11.3. The first-order valence-corrected chi connectivity index (χ1v) is 6.09. The molecule has 0 radical (unpaired) electrons. The predicted molar refractivity (Wildman–Crippen MR) is 69.9 cm³/mol. The summed E-state index contributed by atoms with van der Waals surface area (Å²) in [5, 5.41) is 15.0. The van der Waals surface area contributed by atoms with Crippen molar-refractivity contribution in [2.75, 3.05) is 23.8 Å². The number of aromatic nitrogens is 3. The SMILES string of the molecule is CCNc1nc(NC(C)CO)nc(OC(C)C)n1. The monoisotopic (exact) mass is 255 g/mol. The highest BCUT2D eigenvalue weighted by Crippen LogP contribution is 2.13. The van der Waals surface area contributed by atoms with Crippen LogP contribution in [0.15, 0.2) is 0 Å². The lowest BCUT2D eigenvalue weighted by molar-refractivity contribution is 0.222. The highest BCUT2D eigenvalue weighted by Gasteiger charge is 2.10. The van der Waals surface area contributed by atoms with E-state index in [9.17, 15) is 0 Å². The van der Waals surface area contributed by atoms with E-state index in [1.807, 2.05) is 27.7 Å². The van der Waals surface area contributed by atoms with E-state index in [2.05, 4.69) is 25.6 Å². The van der Waals surface area contributed by atoms with Crippen LogP contribution in [0, 0.1) is 0 Å². The molecule has 7 heteroatoms. The van der Waals surface area contributed by atoms with Crippen LogP contribution in [0.5, 0.6) is 6.01 Å². The maximum atomic E-state index is 9.00. The third-order valence-corrected chi connectivity index (χ3v) is 1.94. The third-order valence-electron chi connectivity index (χ3n) is 1.94. The zero-order chi connectivity index (χ0) is 13.5. The van der Waals surface area contributed by atoms with Crippen LogP contribution in [0.1, 0.15) is 27.7 Å². The molecule has 0 amide bonds. The van der Waals surface area contributed by atoms with Gasteiger partial charge >= 0.3 is 6.01 Å². The van der Waals surface area contributed by atoms with Gasteiger partial charge in [-0.1, -0.05) is 0 Å².